The molecule has 8 rings (SSSR count). The lowest BCUT2D eigenvalue weighted by molar-refractivity contribution is -0.127. The molecule has 1 amide bonds. The average Bonchev–Trinajstić information content (AvgIpc) is 3.68. The van der Waals surface area contributed by atoms with E-state index in [4.69, 9.17) is 31.3 Å². The monoisotopic (exact) mass is 580 g/mol. The number of halogens is 1. The van der Waals surface area contributed by atoms with Crippen LogP contribution in [0, 0.1) is 0 Å². The summed E-state index contributed by atoms with van der Waals surface area (Å²) in [5, 5.41) is 3.62. The van der Waals surface area contributed by atoms with Gasteiger partial charge in [-0.15, -0.1) is 0 Å². The second-order valence-corrected chi connectivity index (χ2v) is 12.5. The zero-order valence-corrected chi connectivity index (χ0v) is 24.3. The number of ether oxygens (including phenoxy) is 1. The van der Waals surface area contributed by atoms with Gasteiger partial charge in [0, 0.05) is 29.1 Å². The van der Waals surface area contributed by atoms with E-state index in [-0.39, 0.29) is 23.5 Å². The molecule has 8 nitrogen and oxygen atoms in total. The fourth-order valence-electron chi connectivity index (χ4n) is 7.83. The van der Waals surface area contributed by atoms with Crippen LogP contribution in [0.25, 0.3) is 33.1 Å². The number of hydrogen-bond donors (Lipinski definition) is 0. The summed E-state index contributed by atoms with van der Waals surface area (Å²) in [4.78, 5) is 34.2. The number of aromatic nitrogens is 3. The molecule has 4 aromatic rings. The molecule has 4 fully saturated rings. The molecule has 9 heteroatoms. The van der Waals surface area contributed by atoms with E-state index in [0.717, 1.165) is 72.1 Å². The van der Waals surface area contributed by atoms with Crippen LogP contribution in [0.15, 0.2) is 61.2 Å². The molecule has 4 aliphatic heterocycles. The number of carbonyl (C=O) groups excluding carboxylic acids is 1. The molecule has 0 radical (unpaired) electrons. The van der Waals surface area contributed by atoms with E-state index >= 15 is 0 Å². The summed E-state index contributed by atoms with van der Waals surface area (Å²) in [5.74, 6) is 0.821. The minimum atomic E-state index is -0.00397. The largest absolute Gasteiger partial charge is 0.461 e. The Labute approximate surface area is 249 Å². The van der Waals surface area contributed by atoms with Crippen molar-refractivity contribution in [1.29, 1.82) is 0 Å². The molecule has 0 unspecified atom stereocenters. The number of likely N-dealkylation sites (tertiary alicyclic amines) is 1. The molecule has 42 heavy (non-hydrogen) atoms. The minimum absolute atomic E-state index is 0.00397. The third kappa shape index (κ3) is 3.99. The smallest absolute Gasteiger partial charge is 0.320 e. The van der Waals surface area contributed by atoms with Crippen LogP contribution < -0.4 is 9.64 Å². The van der Waals surface area contributed by atoms with Crippen LogP contribution in [0.4, 0.5) is 5.82 Å². The number of amides is 1. The minimum Gasteiger partial charge on any atom is -0.461 e. The van der Waals surface area contributed by atoms with Crippen LogP contribution in [0.5, 0.6) is 6.01 Å². The molecule has 0 aliphatic carbocycles. The van der Waals surface area contributed by atoms with E-state index in [1.54, 1.807) is 0 Å². The highest BCUT2D eigenvalue weighted by Gasteiger charge is 2.49. The van der Waals surface area contributed by atoms with Crippen molar-refractivity contribution < 1.29 is 9.53 Å². The van der Waals surface area contributed by atoms with E-state index in [9.17, 15) is 4.79 Å². The third-order valence-electron chi connectivity index (χ3n) is 9.95. The summed E-state index contributed by atoms with van der Waals surface area (Å²) in [7, 11) is 0. The van der Waals surface area contributed by atoms with E-state index in [1.807, 2.05) is 29.2 Å². The van der Waals surface area contributed by atoms with E-state index in [2.05, 4.69) is 40.6 Å². The number of nitrogens with zero attached hydrogens (tertiary/aromatic N) is 6. The lowest BCUT2D eigenvalue weighted by atomic mass is 9.95. The number of anilines is 1. The van der Waals surface area contributed by atoms with Gasteiger partial charge in [-0.05, 0) is 74.9 Å². The van der Waals surface area contributed by atoms with Crippen LogP contribution in [0.2, 0.25) is 5.02 Å². The molecule has 214 valence electrons. The normalized spacial score (nSPS) is 22.8. The van der Waals surface area contributed by atoms with Crippen molar-refractivity contribution in [2.75, 3.05) is 37.7 Å². The van der Waals surface area contributed by atoms with Gasteiger partial charge >= 0.3 is 6.01 Å². The maximum atomic E-state index is 12.4. The van der Waals surface area contributed by atoms with Gasteiger partial charge in [0.05, 0.1) is 28.7 Å². The lowest BCUT2D eigenvalue weighted by Gasteiger charge is -2.47. The molecule has 2 atom stereocenters. The summed E-state index contributed by atoms with van der Waals surface area (Å²) in [6, 6.07) is 16.9. The van der Waals surface area contributed by atoms with Gasteiger partial charge in [-0.3, -0.25) is 9.69 Å². The summed E-state index contributed by atoms with van der Waals surface area (Å²) in [5.41, 5.74) is 2.46. The number of fused-ring (bicyclic) bond motifs is 4. The highest BCUT2D eigenvalue weighted by molar-refractivity contribution is 6.36. The highest BCUT2D eigenvalue weighted by atomic mass is 35.5. The van der Waals surface area contributed by atoms with Crippen molar-refractivity contribution in [2.45, 2.75) is 49.7 Å². The summed E-state index contributed by atoms with van der Waals surface area (Å²) in [6.45, 7) is 8.00. The van der Waals surface area contributed by atoms with E-state index in [1.165, 1.54) is 18.9 Å². The lowest BCUT2D eigenvalue weighted by Crippen LogP contribution is -2.63. The van der Waals surface area contributed by atoms with Gasteiger partial charge in [-0.25, -0.2) is 4.98 Å². The zero-order valence-electron chi connectivity index (χ0n) is 23.5. The first-order chi connectivity index (χ1) is 20.5. The fraction of sp³-hybridized carbons (Fsp3) is 0.394. The molecule has 4 aliphatic rings. The SMILES string of the molecule is C=CC(=O)N1CC[C@@H]2[C@H]1CN2c1nc(OCC23CCCN2CCC3)nc2nc(-c3cccc4cccc(Cl)c34)ccc12. The molecule has 0 spiro atoms. The second-order valence-electron chi connectivity index (χ2n) is 12.1. The predicted octanol–water partition coefficient (Wildman–Crippen LogP) is 5.48. The standard InChI is InChI=1S/C33H33ClN6O2/c1-2-28(41)39-18-13-26-27(39)19-40(26)31-23-11-12-25(22-9-3-7-21-8-4-10-24(34)29(21)22)35-30(23)36-32(37-31)42-20-33-14-5-16-38(33)17-6-15-33/h2-4,7-12,26-27H,1,5-6,13-20H2/t26-,27-/m1/s1. The Morgan fingerprint density at radius 2 is 1.83 bits per heavy atom. The Kier molecular flexibility index (Phi) is 6.12. The highest BCUT2D eigenvalue weighted by Crippen LogP contribution is 2.42. The molecular weight excluding hydrogens is 548 g/mol. The first-order valence-electron chi connectivity index (χ1n) is 15.0. The molecule has 0 bridgehead atoms. The number of carbonyl (C=O) groups is 1. The number of hydrogen-bond acceptors (Lipinski definition) is 7. The van der Waals surface area contributed by atoms with Crippen molar-refractivity contribution in [3.63, 3.8) is 0 Å². The van der Waals surface area contributed by atoms with Crippen LogP contribution in [-0.4, -0.2) is 81.1 Å². The van der Waals surface area contributed by atoms with Crippen LogP contribution in [0.1, 0.15) is 32.1 Å². The zero-order chi connectivity index (χ0) is 28.4. The number of pyridine rings is 1. The van der Waals surface area contributed by atoms with Crippen LogP contribution >= 0.6 is 11.6 Å². The quantitative estimate of drug-likeness (QED) is 0.280. The second kappa shape index (κ2) is 9.92. The van der Waals surface area contributed by atoms with Crippen molar-refractivity contribution in [3.05, 3.63) is 66.2 Å². The van der Waals surface area contributed by atoms with Gasteiger partial charge < -0.3 is 14.5 Å². The third-order valence-corrected chi connectivity index (χ3v) is 10.3. The van der Waals surface area contributed by atoms with Crippen molar-refractivity contribution in [2.24, 2.45) is 0 Å². The van der Waals surface area contributed by atoms with Crippen LogP contribution in [-0.2, 0) is 4.79 Å². The fourth-order valence-corrected chi connectivity index (χ4v) is 8.11. The predicted molar refractivity (Wildman–Crippen MR) is 165 cm³/mol. The Hall–Kier alpha value is -3.75. The Balaban J connectivity index is 1.20. The number of benzene rings is 2. The summed E-state index contributed by atoms with van der Waals surface area (Å²) < 4.78 is 6.46. The molecule has 4 saturated heterocycles. The van der Waals surface area contributed by atoms with Gasteiger partial charge in [0.2, 0.25) is 5.91 Å². The molecule has 2 aromatic heterocycles. The van der Waals surface area contributed by atoms with Crippen LogP contribution in [0.3, 0.4) is 0 Å². The van der Waals surface area contributed by atoms with Crippen molar-refractivity contribution >= 4 is 45.1 Å². The summed E-state index contributed by atoms with van der Waals surface area (Å²) in [6.07, 6.45) is 7.03. The van der Waals surface area contributed by atoms with E-state index < -0.39 is 0 Å². The first kappa shape index (κ1) is 25.9. The molecule has 2 aromatic carbocycles. The topological polar surface area (TPSA) is 74.7 Å². The van der Waals surface area contributed by atoms with E-state index in [0.29, 0.717) is 29.8 Å². The Bertz CT molecular complexity index is 1730. The number of rotatable bonds is 6. The molecule has 0 N–H and O–H groups in total. The Morgan fingerprint density at radius 3 is 2.64 bits per heavy atom. The molecule has 6 heterocycles. The molecular formula is C33H33ClN6O2. The van der Waals surface area contributed by atoms with Gasteiger partial charge in [0.25, 0.3) is 0 Å². The maximum absolute atomic E-state index is 12.4. The Morgan fingerprint density at radius 1 is 1.02 bits per heavy atom. The van der Waals surface area contributed by atoms with Crippen molar-refractivity contribution in [3.8, 4) is 17.3 Å². The maximum Gasteiger partial charge on any atom is 0.320 e. The molecule has 0 saturated carbocycles. The average molecular weight is 581 g/mol. The van der Waals surface area contributed by atoms with Crippen molar-refractivity contribution in [1.82, 2.24) is 24.8 Å². The van der Waals surface area contributed by atoms with Gasteiger partial charge in [0.15, 0.2) is 5.65 Å². The van der Waals surface area contributed by atoms with Gasteiger partial charge in [-0.2, -0.15) is 9.97 Å². The van der Waals surface area contributed by atoms with Gasteiger partial charge in [0.1, 0.15) is 12.4 Å². The first-order valence-corrected chi connectivity index (χ1v) is 15.4. The summed E-state index contributed by atoms with van der Waals surface area (Å²) >= 11 is 6.67. The van der Waals surface area contributed by atoms with Gasteiger partial charge in [-0.1, -0.05) is 48.5 Å².